The van der Waals surface area contributed by atoms with E-state index in [2.05, 4.69) is 39.8 Å². The van der Waals surface area contributed by atoms with Crippen LogP contribution in [-0.2, 0) is 9.47 Å². The molecule has 0 spiro atoms. The van der Waals surface area contributed by atoms with E-state index in [1.807, 2.05) is 20.0 Å². The number of rotatable bonds is 6. The SMILES string of the molecule is COC1CC2NNC(c3ccc(N4CC[C@@H](C)C4)nc3)C2CC1O[C@H](C)c1c(Cl)cnc(C)c1Cl. The molecule has 1 saturated carbocycles. The van der Waals surface area contributed by atoms with E-state index in [9.17, 15) is 0 Å². The molecule has 2 aromatic heterocycles. The molecule has 0 aromatic carbocycles. The molecule has 1 aliphatic carbocycles. The van der Waals surface area contributed by atoms with Gasteiger partial charge in [0.25, 0.3) is 0 Å². The minimum Gasteiger partial charge on any atom is -0.379 e. The van der Waals surface area contributed by atoms with Crippen molar-refractivity contribution in [3.63, 3.8) is 0 Å². The fourth-order valence-corrected chi connectivity index (χ4v) is 6.56. The Kier molecular flexibility index (Phi) is 7.54. The van der Waals surface area contributed by atoms with Crippen molar-refractivity contribution in [2.75, 3.05) is 25.1 Å². The molecule has 9 heteroatoms. The van der Waals surface area contributed by atoms with Crippen LogP contribution in [-0.4, -0.2) is 48.4 Å². The van der Waals surface area contributed by atoms with E-state index in [4.69, 9.17) is 37.7 Å². The Morgan fingerprint density at radius 3 is 2.63 bits per heavy atom. The molecule has 7 nitrogen and oxygen atoms in total. The lowest BCUT2D eigenvalue weighted by Crippen LogP contribution is -2.47. The van der Waals surface area contributed by atoms with Crippen LogP contribution in [0.15, 0.2) is 24.5 Å². The number of methoxy groups -OCH3 is 1. The van der Waals surface area contributed by atoms with Gasteiger partial charge in [0.05, 0.1) is 40.1 Å². The van der Waals surface area contributed by atoms with Crippen molar-refractivity contribution < 1.29 is 9.47 Å². The molecule has 190 valence electrons. The average Bonchev–Trinajstić information content (AvgIpc) is 3.47. The van der Waals surface area contributed by atoms with Crippen molar-refractivity contribution in [1.29, 1.82) is 0 Å². The third-order valence-corrected chi connectivity index (χ3v) is 8.70. The summed E-state index contributed by atoms with van der Waals surface area (Å²) in [5, 5.41) is 1.09. The first kappa shape index (κ1) is 25.2. The summed E-state index contributed by atoms with van der Waals surface area (Å²) in [6.45, 7) is 8.34. The van der Waals surface area contributed by atoms with Gasteiger partial charge in [-0.05, 0) is 56.6 Å². The van der Waals surface area contributed by atoms with Gasteiger partial charge in [0, 0.05) is 44.2 Å². The maximum Gasteiger partial charge on any atom is 0.128 e. The summed E-state index contributed by atoms with van der Waals surface area (Å²) in [7, 11) is 1.75. The van der Waals surface area contributed by atoms with Gasteiger partial charge in [-0.25, -0.2) is 10.4 Å². The average molecular weight is 521 g/mol. The molecule has 35 heavy (non-hydrogen) atoms. The molecule has 0 amide bonds. The third kappa shape index (κ3) is 5.04. The first-order valence-electron chi connectivity index (χ1n) is 12.6. The Morgan fingerprint density at radius 2 is 1.94 bits per heavy atom. The van der Waals surface area contributed by atoms with E-state index in [0.29, 0.717) is 22.0 Å². The summed E-state index contributed by atoms with van der Waals surface area (Å²) in [4.78, 5) is 11.4. The van der Waals surface area contributed by atoms with Crippen LogP contribution in [0.1, 0.15) is 62.1 Å². The second-order valence-electron chi connectivity index (χ2n) is 10.3. The van der Waals surface area contributed by atoms with E-state index in [-0.39, 0.29) is 24.4 Å². The van der Waals surface area contributed by atoms with Crippen LogP contribution in [0.3, 0.4) is 0 Å². The number of aryl methyl sites for hydroxylation is 1. The van der Waals surface area contributed by atoms with Crippen molar-refractivity contribution in [3.05, 3.63) is 51.4 Å². The molecule has 4 heterocycles. The lowest BCUT2D eigenvalue weighted by atomic mass is 9.77. The quantitative estimate of drug-likeness (QED) is 0.554. The van der Waals surface area contributed by atoms with Crippen molar-refractivity contribution in [3.8, 4) is 0 Å². The topological polar surface area (TPSA) is 71.5 Å². The maximum absolute atomic E-state index is 6.59. The van der Waals surface area contributed by atoms with E-state index >= 15 is 0 Å². The monoisotopic (exact) mass is 519 g/mol. The number of pyridine rings is 2. The summed E-state index contributed by atoms with van der Waals surface area (Å²) in [6.07, 6.45) is 6.23. The molecule has 2 aliphatic heterocycles. The van der Waals surface area contributed by atoms with Crippen LogP contribution in [0.4, 0.5) is 5.82 Å². The minimum absolute atomic E-state index is 0.0232. The molecule has 2 aromatic rings. The zero-order valence-corrected chi connectivity index (χ0v) is 22.3. The maximum atomic E-state index is 6.59. The van der Waals surface area contributed by atoms with Crippen LogP contribution < -0.4 is 15.8 Å². The van der Waals surface area contributed by atoms with Gasteiger partial charge in [0.15, 0.2) is 0 Å². The predicted molar refractivity (Wildman–Crippen MR) is 139 cm³/mol. The van der Waals surface area contributed by atoms with Gasteiger partial charge in [-0.3, -0.25) is 10.4 Å². The zero-order valence-electron chi connectivity index (χ0n) is 20.8. The number of nitrogens with one attached hydrogen (secondary N) is 2. The summed E-state index contributed by atoms with van der Waals surface area (Å²) in [5.74, 6) is 2.15. The number of anilines is 1. The highest BCUT2D eigenvalue weighted by molar-refractivity contribution is 6.36. The predicted octanol–water partition coefficient (Wildman–Crippen LogP) is 5.03. The number of aromatic nitrogens is 2. The lowest BCUT2D eigenvalue weighted by molar-refractivity contribution is -0.117. The van der Waals surface area contributed by atoms with Gasteiger partial charge in [-0.2, -0.15) is 0 Å². The van der Waals surface area contributed by atoms with Gasteiger partial charge in [0.2, 0.25) is 0 Å². The summed E-state index contributed by atoms with van der Waals surface area (Å²) in [5.41, 5.74) is 9.75. The van der Waals surface area contributed by atoms with E-state index in [0.717, 1.165) is 48.9 Å². The highest BCUT2D eigenvalue weighted by atomic mass is 35.5. The Bertz CT molecular complexity index is 1040. The third-order valence-electron chi connectivity index (χ3n) is 7.92. The van der Waals surface area contributed by atoms with Crippen LogP contribution >= 0.6 is 23.2 Å². The molecule has 5 rings (SSSR count). The number of hydrogen-bond acceptors (Lipinski definition) is 7. The van der Waals surface area contributed by atoms with Gasteiger partial charge in [-0.1, -0.05) is 36.2 Å². The Morgan fingerprint density at radius 1 is 1.11 bits per heavy atom. The number of hydrazine groups is 1. The summed E-state index contributed by atoms with van der Waals surface area (Å²) in [6, 6.07) is 4.84. The number of halogens is 2. The van der Waals surface area contributed by atoms with Crippen molar-refractivity contribution in [2.24, 2.45) is 11.8 Å². The standard InChI is InChI=1S/C26H35Cl2N5O2/c1-14-7-8-33(13-14)23-6-5-17(11-30-23)26-18-9-22(21(34-4)10-20(18)31-32-26)35-16(3)24-19(27)12-29-15(2)25(24)28/h5-6,11-12,14,16,18,20-22,26,31-32H,7-10,13H2,1-4H3/t14-,16-,18?,20?,21?,22?,26?/m1/s1. The van der Waals surface area contributed by atoms with Gasteiger partial charge in [0.1, 0.15) is 5.82 Å². The fourth-order valence-electron chi connectivity index (χ4n) is 5.92. The van der Waals surface area contributed by atoms with E-state index < -0.39 is 0 Å². The van der Waals surface area contributed by atoms with E-state index in [1.54, 1.807) is 13.3 Å². The van der Waals surface area contributed by atoms with Crippen molar-refractivity contribution >= 4 is 29.0 Å². The Balaban J connectivity index is 1.31. The van der Waals surface area contributed by atoms with Gasteiger partial charge < -0.3 is 14.4 Å². The molecule has 2 N–H and O–H groups in total. The first-order valence-corrected chi connectivity index (χ1v) is 13.3. The van der Waals surface area contributed by atoms with Crippen LogP contribution in [0, 0.1) is 18.8 Å². The van der Waals surface area contributed by atoms with Crippen LogP contribution in [0.25, 0.3) is 0 Å². The lowest BCUT2D eigenvalue weighted by Gasteiger charge is -2.39. The number of nitrogens with zero attached hydrogens (tertiary/aromatic N) is 3. The van der Waals surface area contributed by atoms with Crippen LogP contribution in [0.2, 0.25) is 10.0 Å². The summed E-state index contributed by atoms with van der Waals surface area (Å²) >= 11 is 13.0. The molecular weight excluding hydrogens is 485 g/mol. The Labute approximate surface area is 217 Å². The van der Waals surface area contributed by atoms with Crippen molar-refractivity contribution in [2.45, 2.75) is 70.4 Å². The molecule has 2 saturated heterocycles. The van der Waals surface area contributed by atoms with Crippen LogP contribution in [0.5, 0.6) is 0 Å². The largest absolute Gasteiger partial charge is 0.379 e. The van der Waals surface area contributed by atoms with Crippen molar-refractivity contribution in [1.82, 2.24) is 20.8 Å². The Hall–Kier alpha value is -1.48. The minimum atomic E-state index is -0.277. The van der Waals surface area contributed by atoms with Gasteiger partial charge >= 0.3 is 0 Å². The molecule has 3 fully saturated rings. The fraction of sp³-hybridized carbons (Fsp3) is 0.615. The molecule has 0 radical (unpaired) electrons. The highest BCUT2D eigenvalue weighted by Gasteiger charge is 2.46. The second kappa shape index (κ2) is 10.5. The van der Waals surface area contributed by atoms with Gasteiger partial charge in [-0.15, -0.1) is 0 Å². The van der Waals surface area contributed by atoms with E-state index in [1.165, 1.54) is 12.0 Å². The second-order valence-corrected chi connectivity index (χ2v) is 11.1. The number of fused-ring (bicyclic) bond motifs is 1. The highest BCUT2D eigenvalue weighted by Crippen LogP contribution is 2.42. The first-order chi connectivity index (χ1) is 16.9. The zero-order chi connectivity index (χ0) is 24.7. The molecule has 7 atom stereocenters. The smallest absolute Gasteiger partial charge is 0.128 e. The molecule has 5 unspecified atom stereocenters. The number of hydrogen-bond donors (Lipinski definition) is 2. The summed E-state index contributed by atoms with van der Waals surface area (Å²) < 4.78 is 12.5. The normalized spacial score (nSPS) is 31.5. The molecular formula is C26H35Cl2N5O2. The molecule has 0 bridgehead atoms. The molecule has 3 aliphatic rings. The number of ether oxygens (including phenoxy) is 2.